The highest BCUT2D eigenvalue weighted by Crippen LogP contribution is 2.11. The molecule has 1 amide bonds. The number of carbonyl (C=O) groups excluding carboxylic acids is 1. The van der Waals surface area contributed by atoms with Gasteiger partial charge in [0.2, 0.25) is 5.91 Å². The lowest BCUT2D eigenvalue weighted by Crippen LogP contribution is -2.33. The number of imidazole rings is 1. The zero-order chi connectivity index (χ0) is 12.3. The number of nitrogens with one attached hydrogen (secondary N) is 1. The third kappa shape index (κ3) is 2.82. The molecule has 6 heteroatoms. The summed E-state index contributed by atoms with van der Waals surface area (Å²) in [4.78, 5) is 16.8. The Bertz CT molecular complexity index is 537. The van der Waals surface area contributed by atoms with Gasteiger partial charge < -0.3 is 5.32 Å². The molecule has 0 aliphatic rings. The van der Waals surface area contributed by atoms with E-state index in [0.29, 0.717) is 6.42 Å². The lowest BCUT2D eigenvalue weighted by atomic mass is 10.2. The minimum absolute atomic E-state index is 0.0986. The number of hydrogen-bond donors (Lipinski definition) is 1. The minimum atomic E-state index is -0.115. The van der Waals surface area contributed by atoms with Crippen LogP contribution in [0.15, 0.2) is 17.8 Å². The first kappa shape index (κ1) is 11.6. The lowest BCUT2D eigenvalue weighted by Gasteiger charge is -2.08. The van der Waals surface area contributed by atoms with Gasteiger partial charge in [-0.05, 0) is 6.92 Å². The molecule has 0 bridgehead atoms. The highest BCUT2D eigenvalue weighted by molar-refractivity contribution is 7.15. The van der Waals surface area contributed by atoms with E-state index in [1.165, 1.54) is 11.3 Å². The smallest absolute Gasteiger partial charge is 0.226 e. The predicted molar refractivity (Wildman–Crippen MR) is 64.6 cm³/mol. The van der Waals surface area contributed by atoms with Gasteiger partial charge in [0.05, 0.1) is 24.6 Å². The molecule has 2 aromatic rings. The van der Waals surface area contributed by atoms with Crippen molar-refractivity contribution in [1.29, 1.82) is 5.26 Å². The molecule has 0 saturated heterocycles. The fraction of sp³-hybridized carbons (Fsp3) is 0.364. The van der Waals surface area contributed by atoms with Crippen molar-refractivity contribution >= 4 is 22.2 Å². The van der Waals surface area contributed by atoms with Crippen LogP contribution in [0.3, 0.4) is 0 Å². The van der Waals surface area contributed by atoms with Crippen LogP contribution in [0.2, 0.25) is 0 Å². The average Bonchev–Trinajstić information content (AvgIpc) is 2.77. The average molecular weight is 248 g/mol. The Kier molecular flexibility index (Phi) is 3.40. The highest BCUT2D eigenvalue weighted by Gasteiger charge is 2.10. The van der Waals surface area contributed by atoms with E-state index < -0.39 is 0 Å². The van der Waals surface area contributed by atoms with Crippen molar-refractivity contribution in [3.63, 3.8) is 0 Å². The summed E-state index contributed by atoms with van der Waals surface area (Å²) in [6.45, 7) is 1.81. The maximum Gasteiger partial charge on any atom is 0.226 e. The summed E-state index contributed by atoms with van der Waals surface area (Å²) in [5, 5.41) is 13.2. The standard InChI is InChI=1S/C11H12N4OS/c1-8(2-3-12)13-10(16)6-9-7-15-4-5-17-11(15)14-9/h4-5,7-8H,2,6H2,1H3,(H,13,16)/t8-/m0/s1. The number of carbonyl (C=O) groups is 1. The van der Waals surface area contributed by atoms with Crippen LogP contribution in [0.4, 0.5) is 0 Å². The van der Waals surface area contributed by atoms with Crippen LogP contribution < -0.4 is 5.32 Å². The number of amides is 1. The molecule has 0 fully saturated rings. The number of thiazole rings is 1. The molecule has 0 aliphatic heterocycles. The third-order valence-corrected chi connectivity index (χ3v) is 3.06. The number of nitrogens with zero attached hydrogens (tertiary/aromatic N) is 3. The van der Waals surface area contributed by atoms with Gasteiger partial charge >= 0.3 is 0 Å². The largest absolute Gasteiger partial charge is 0.352 e. The molecule has 0 radical (unpaired) electrons. The Morgan fingerprint density at radius 3 is 3.29 bits per heavy atom. The summed E-state index contributed by atoms with van der Waals surface area (Å²) in [5.41, 5.74) is 0.749. The van der Waals surface area contributed by atoms with Crippen molar-refractivity contribution in [3.8, 4) is 6.07 Å². The van der Waals surface area contributed by atoms with E-state index in [4.69, 9.17) is 5.26 Å². The van der Waals surface area contributed by atoms with Crippen LogP contribution >= 0.6 is 11.3 Å². The number of hydrogen-bond acceptors (Lipinski definition) is 4. The Hall–Kier alpha value is -1.87. The Labute approximate surface area is 103 Å². The summed E-state index contributed by atoms with van der Waals surface area (Å²) in [6, 6.07) is 1.91. The molecule has 1 atom stereocenters. The van der Waals surface area contributed by atoms with Gasteiger partial charge in [-0.25, -0.2) is 4.98 Å². The second-order valence-electron chi connectivity index (χ2n) is 3.83. The topological polar surface area (TPSA) is 70.2 Å². The molecule has 2 rings (SSSR count). The summed E-state index contributed by atoms with van der Waals surface area (Å²) >= 11 is 1.53. The van der Waals surface area contributed by atoms with Gasteiger partial charge in [0.15, 0.2) is 4.96 Å². The lowest BCUT2D eigenvalue weighted by molar-refractivity contribution is -0.121. The quantitative estimate of drug-likeness (QED) is 0.888. The normalized spacial score (nSPS) is 12.2. The van der Waals surface area contributed by atoms with E-state index in [1.807, 2.05) is 35.2 Å². The van der Waals surface area contributed by atoms with Crippen LogP contribution in [0.25, 0.3) is 4.96 Å². The highest BCUT2D eigenvalue weighted by atomic mass is 32.1. The van der Waals surface area contributed by atoms with E-state index in [2.05, 4.69) is 10.3 Å². The predicted octanol–water partition coefficient (Wildman–Crippen LogP) is 1.36. The van der Waals surface area contributed by atoms with Crippen molar-refractivity contribution in [3.05, 3.63) is 23.5 Å². The van der Waals surface area contributed by atoms with Crippen molar-refractivity contribution < 1.29 is 4.79 Å². The number of aromatic nitrogens is 2. The molecular formula is C11H12N4OS. The fourth-order valence-electron chi connectivity index (χ4n) is 1.54. The molecule has 2 aromatic heterocycles. The number of rotatable bonds is 4. The number of fused-ring (bicyclic) bond motifs is 1. The maximum absolute atomic E-state index is 11.6. The van der Waals surface area contributed by atoms with Gasteiger partial charge in [0.1, 0.15) is 0 Å². The Morgan fingerprint density at radius 2 is 2.59 bits per heavy atom. The maximum atomic E-state index is 11.6. The van der Waals surface area contributed by atoms with Crippen molar-refractivity contribution in [1.82, 2.24) is 14.7 Å². The third-order valence-electron chi connectivity index (χ3n) is 2.29. The van der Waals surface area contributed by atoms with Gasteiger partial charge in [-0.2, -0.15) is 5.26 Å². The second kappa shape index (κ2) is 4.97. The molecule has 2 heterocycles. The van der Waals surface area contributed by atoms with E-state index in [9.17, 15) is 4.79 Å². The molecule has 0 spiro atoms. The van der Waals surface area contributed by atoms with Crippen LogP contribution in [0, 0.1) is 11.3 Å². The molecule has 1 N–H and O–H groups in total. The molecule has 0 unspecified atom stereocenters. The van der Waals surface area contributed by atoms with E-state index >= 15 is 0 Å². The Balaban J connectivity index is 1.95. The van der Waals surface area contributed by atoms with Gasteiger partial charge in [-0.1, -0.05) is 0 Å². The summed E-state index contributed by atoms with van der Waals surface area (Å²) in [6.07, 6.45) is 4.33. The molecule has 0 aromatic carbocycles. The van der Waals surface area contributed by atoms with Gasteiger partial charge in [0.25, 0.3) is 0 Å². The van der Waals surface area contributed by atoms with E-state index in [1.54, 1.807) is 0 Å². The second-order valence-corrected chi connectivity index (χ2v) is 4.71. The zero-order valence-electron chi connectivity index (χ0n) is 9.38. The SMILES string of the molecule is C[C@@H](CC#N)NC(=O)Cc1cn2ccsc2n1. The van der Waals surface area contributed by atoms with Crippen molar-refractivity contribution in [2.24, 2.45) is 0 Å². The molecule has 0 saturated carbocycles. The van der Waals surface area contributed by atoms with Crippen LogP contribution in [0.5, 0.6) is 0 Å². The Morgan fingerprint density at radius 1 is 1.76 bits per heavy atom. The van der Waals surface area contributed by atoms with E-state index in [-0.39, 0.29) is 18.4 Å². The van der Waals surface area contributed by atoms with Gasteiger partial charge in [-0.3, -0.25) is 9.20 Å². The van der Waals surface area contributed by atoms with Crippen molar-refractivity contribution in [2.45, 2.75) is 25.8 Å². The first-order chi connectivity index (χ1) is 8.19. The minimum Gasteiger partial charge on any atom is -0.352 e. The van der Waals surface area contributed by atoms with E-state index in [0.717, 1.165) is 10.7 Å². The van der Waals surface area contributed by atoms with Gasteiger partial charge in [-0.15, -0.1) is 11.3 Å². The molecule has 17 heavy (non-hydrogen) atoms. The monoisotopic (exact) mass is 248 g/mol. The summed E-state index contributed by atoms with van der Waals surface area (Å²) in [5.74, 6) is -0.0986. The fourth-order valence-corrected chi connectivity index (χ4v) is 2.26. The summed E-state index contributed by atoms with van der Waals surface area (Å²) < 4.78 is 1.89. The summed E-state index contributed by atoms with van der Waals surface area (Å²) in [7, 11) is 0. The molecule has 88 valence electrons. The first-order valence-corrected chi connectivity index (χ1v) is 6.14. The molecular weight excluding hydrogens is 236 g/mol. The van der Waals surface area contributed by atoms with Gasteiger partial charge in [0, 0.05) is 23.8 Å². The molecule has 0 aliphatic carbocycles. The van der Waals surface area contributed by atoms with Crippen molar-refractivity contribution in [2.75, 3.05) is 0 Å². The zero-order valence-corrected chi connectivity index (χ0v) is 10.2. The van der Waals surface area contributed by atoms with Crippen LogP contribution in [-0.2, 0) is 11.2 Å². The van der Waals surface area contributed by atoms with Crippen LogP contribution in [0.1, 0.15) is 19.0 Å². The number of nitriles is 1. The van der Waals surface area contributed by atoms with Crippen LogP contribution in [-0.4, -0.2) is 21.3 Å². The first-order valence-electron chi connectivity index (χ1n) is 5.26. The molecule has 5 nitrogen and oxygen atoms in total.